The minimum absolute atomic E-state index is 0.579. The van der Waals surface area contributed by atoms with Crippen molar-refractivity contribution in [2.75, 3.05) is 17.3 Å². The highest BCUT2D eigenvalue weighted by atomic mass is 32.3. The van der Waals surface area contributed by atoms with Crippen molar-refractivity contribution in [3.63, 3.8) is 0 Å². The first kappa shape index (κ1) is 13.1. The van der Waals surface area contributed by atoms with Crippen LogP contribution in [0.2, 0.25) is 0 Å². The molecule has 3 saturated heterocycles. The average Bonchev–Trinajstić information content (AvgIpc) is 2.42. The molecule has 0 amide bonds. The van der Waals surface area contributed by atoms with Gasteiger partial charge < -0.3 is 0 Å². The molecule has 4 fully saturated rings. The second kappa shape index (κ2) is 5.20. The van der Waals surface area contributed by atoms with Crippen LogP contribution in [0, 0.1) is 11.3 Å². The van der Waals surface area contributed by atoms with Gasteiger partial charge in [0.15, 0.2) is 0 Å². The van der Waals surface area contributed by atoms with Gasteiger partial charge in [0.2, 0.25) is 0 Å². The smallest absolute Gasteiger partial charge is 0.109 e. The van der Waals surface area contributed by atoms with Crippen molar-refractivity contribution in [3.8, 4) is 0 Å². The number of hydrogen-bond donors (Lipinski definition) is 0. The van der Waals surface area contributed by atoms with Gasteiger partial charge in [0.25, 0.3) is 0 Å². The molecule has 2 bridgehead atoms. The molecule has 3 heteroatoms. The third kappa shape index (κ3) is 2.41. The van der Waals surface area contributed by atoms with Crippen molar-refractivity contribution in [1.82, 2.24) is 0 Å². The Labute approximate surface area is 119 Å². The van der Waals surface area contributed by atoms with Crippen molar-refractivity contribution in [1.29, 1.82) is 0 Å². The lowest BCUT2D eigenvalue weighted by atomic mass is 9.89. The largest absolute Gasteiger partial charge is 0.133 e. The Morgan fingerprint density at radius 2 is 1.53 bits per heavy atom. The van der Waals surface area contributed by atoms with Gasteiger partial charge in [-0.1, -0.05) is 32.6 Å². The van der Waals surface area contributed by atoms with Crippen molar-refractivity contribution in [2.24, 2.45) is 11.3 Å². The van der Waals surface area contributed by atoms with Crippen LogP contribution in [0.5, 0.6) is 0 Å². The van der Waals surface area contributed by atoms with Gasteiger partial charge in [0.05, 0.1) is 0 Å². The molecule has 0 unspecified atom stereocenters. The van der Waals surface area contributed by atoms with Crippen molar-refractivity contribution in [3.05, 3.63) is 0 Å². The van der Waals surface area contributed by atoms with E-state index in [1.807, 2.05) is 0 Å². The van der Waals surface area contributed by atoms with Gasteiger partial charge in [-0.15, -0.1) is 35.3 Å². The van der Waals surface area contributed by atoms with Gasteiger partial charge >= 0.3 is 0 Å². The summed E-state index contributed by atoms with van der Waals surface area (Å²) in [5.41, 5.74) is 0.700. The van der Waals surface area contributed by atoms with Crippen molar-refractivity contribution in [2.45, 2.75) is 55.3 Å². The quantitative estimate of drug-likeness (QED) is 0.697. The van der Waals surface area contributed by atoms with E-state index in [0.29, 0.717) is 8.83 Å². The minimum Gasteiger partial charge on any atom is -0.133 e. The van der Waals surface area contributed by atoms with E-state index in [0.717, 1.165) is 5.92 Å². The van der Waals surface area contributed by atoms with E-state index in [9.17, 15) is 0 Å². The second-order valence-corrected chi connectivity index (χ2v) is 10.5. The molecule has 4 aliphatic rings. The van der Waals surface area contributed by atoms with Crippen LogP contribution in [-0.2, 0) is 0 Å². The molecule has 3 heterocycles. The zero-order valence-corrected chi connectivity index (χ0v) is 13.3. The summed E-state index contributed by atoms with van der Waals surface area (Å²) in [4.78, 5) is 0. The first-order valence-electron chi connectivity index (χ1n) is 7.20. The van der Waals surface area contributed by atoms with Crippen LogP contribution < -0.4 is 0 Å². The highest BCUT2D eigenvalue weighted by Crippen LogP contribution is 2.67. The summed E-state index contributed by atoms with van der Waals surface area (Å²) in [5, 5.41) is 0. The molecule has 0 nitrogen and oxygen atoms in total. The fraction of sp³-hybridized carbons (Fsp3) is 1.00. The van der Waals surface area contributed by atoms with E-state index in [4.69, 9.17) is 0 Å². The Balaban J connectivity index is 1.68. The molecule has 17 heavy (non-hydrogen) atoms. The Kier molecular flexibility index (Phi) is 4.00. The zero-order chi connectivity index (χ0) is 11.8. The Morgan fingerprint density at radius 1 is 0.941 bits per heavy atom. The maximum atomic E-state index is 2.35. The monoisotopic (exact) mass is 288 g/mol. The van der Waals surface area contributed by atoms with Gasteiger partial charge in [-0.3, -0.25) is 0 Å². The maximum Gasteiger partial charge on any atom is 0.109 e. The molecule has 0 aromatic heterocycles. The normalized spacial score (nSPS) is 42.9. The molecule has 0 aromatic rings. The maximum absolute atomic E-state index is 2.35. The van der Waals surface area contributed by atoms with Crippen LogP contribution in [0.3, 0.4) is 0 Å². The lowest BCUT2D eigenvalue weighted by Gasteiger charge is -2.55. The van der Waals surface area contributed by atoms with E-state index >= 15 is 0 Å². The van der Waals surface area contributed by atoms with Gasteiger partial charge in [0, 0.05) is 17.3 Å². The lowest BCUT2D eigenvalue weighted by Crippen LogP contribution is -2.48. The standard InChI is InChI=1S/C14H24S3/c1-2-8-13-9-15-14(16-10-13,17-11-13)12-6-4-3-5-7-12/h12H,2-11H2,1H3. The molecule has 0 N–H and O–H groups in total. The Bertz CT molecular complexity index is 246. The molecule has 1 aliphatic carbocycles. The van der Waals surface area contributed by atoms with E-state index in [1.54, 1.807) is 0 Å². The predicted octanol–water partition coefficient (Wildman–Crippen LogP) is 5.23. The van der Waals surface area contributed by atoms with Crippen molar-refractivity contribution < 1.29 is 0 Å². The average molecular weight is 289 g/mol. The van der Waals surface area contributed by atoms with Gasteiger partial charge in [-0.2, -0.15) is 0 Å². The highest BCUT2D eigenvalue weighted by molar-refractivity contribution is 8.34. The van der Waals surface area contributed by atoms with Gasteiger partial charge in [-0.25, -0.2) is 0 Å². The molecule has 0 spiro atoms. The summed E-state index contributed by atoms with van der Waals surface area (Å²) in [7, 11) is 0. The molecule has 0 radical (unpaired) electrons. The van der Waals surface area contributed by atoms with Crippen LogP contribution in [0.4, 0.5) is 0 Å². The number of hydrogen-bond acceptors (Lipinski definition) is 3. The Morgan fingerprint density at radius 3 is 2.06 bits per heavy atom. The topological polar surface area (TPSA) is 0 Å². The third-order valence-electron chi connectivity index (χ3n) is 4.62. The van der Waals surface area contributed by atoms with E-state index in [-0.39, 0.29) is 0 Å². The Hall–Kier alpha value is 1.05. The number of thioether (sulfide) groups is 3. The van der Waals surface area contributed by atoms with Crippen LogP contribution in [-0.4, -0.2) is 20.7 Å². The summed E-state index contributed by atoms with van der Waals surface area (Å²) < 4.78 is 0.579. The van der Waals surface area contributed by atoms with Crippen LogP contribution in [0.15, 0.2) is 0 Å². The SMILES string of the molecule is CCCC12CSC(C3CCCCC3)(SC1)SC2. The molecule has 1 saturated carbocycles. The predicted molar refractivity (Wildman–Crippen MR) is 84.0 cm³/mol. The highest BCUT2D eigenvalue weighted by Gasteiger charge is 2.53. The summed E-state index contributed by atoms with van der Waals surface area (Å²) in [6.45, 7) is 2.35. The molecule has 0 atom stereocenters. The van der Waals surface area contributed by atoms with E-state index in [1.165, 1.54) is 62.2 Å². The fourth-order valence-corrected chi connectivity index (χ4v) is 10.00. The first-order chi connectivity index (χ1) is 8.29. The zero-order valence-electron chi connectivity index (χ0n) is 10.9. The molecular formula is C14H24S3. The van der Waals surface area contributed by atoms with Gasteiger partial charge in [0.1, 0.15) is 3.41 Å². The van der Waals surface area contributed by atoms with Gasteiger partial charge in [-0.05, 0) is 30.6 Å². The summed E-state index contributed by atoms with van der Waals surface area (Å²) in [6.07, 6.45) is 10.3. The summed E-state index contributed by atoms with van der Waals surface area (Å²) >= 11 is 6.99. The summed E-state index contributed by atoms with van der Waals surface area (Å²) in [6, 6.07) is 0. The van der Waals surface area contributed by atoms with E-state index < -0.39 is 0 Å². The third-order valence-corrected chi connectivity index (χ3v) is 11.2. The van der Waals surface area contributed by atoms with Crippen LogP contribution in [0.1, 0.15) is 51.9 Å². The summed E-state index contributed by atoms with van der Waals surface area (Å²) in [5.74, 6) is 5.38. The number of rotatable bonds is 3. The molecular weight excluding hydrogens is 264 g/mol. The fourth-order valence-electron chi connectivity index (χ4n) is 3.57. The minimum atomic E-state index is 0.579. The van der Waals surface area contributed by atoms with Crippen LogP contribution in [0.25, 0.3) is 0 Å². The molecule has 0 aromatic carbocycles. The second-order valence-electron chi connectivity index (χ2n) is 6.05. The van der Waals surface area contributed by atoms with E-state index in [2.05, 4.69) is 42.2 Å². The first-order valence-corrected chi connectivity index (χ1v) is 10.2. The lowest BCUT2D eigenvalue weighted by molar-refractivity contribution is 0.348. The van der Waals surface area contributed by atoms with Crippen LogP contribution >= 0.6 is 35.3 Å². The molecule has 98 valence electrons. The number of fused-ring (bicyclic) bond motifs is 3. The van der Waals surface area contributed by atoms with Crippen molar-refractivity contribution >= 4 is 35.3 Å². The molecule has 4 rings (SSSR count). The molecule has 3 aliphatic heterocycles.